The second kappa shape index (κ2) is 6.46. The van der Waals surface area contributed by atoms with Crippen molar-refractivity contribution >= 4 is 17.3 Å². The summed E-state index contributed by atoms with van der Waals surface area (Å²) in [6.45, 7) is 3.60. The molecule has 0 fully saturated rings. The number of halogens is 2. The predicted molar refractivity (Wildman–Crippen MR) is 85.3 cm³/mol. The molecule has 2 aromatic rings. The average Bonchev–Trinajstić information content (AvgIpc) is 2.46. The number of rotatable bonds is 4. The molecule has 2 nitrogen and oxygen atoms in total. The van der Waals surface area contributed by atoms with E-state index in [0.29, 0.717) is 16.3 Å². The van der Waals surface area contributed by atoms with Crippen LogP contribution in [0.4, 0.5) is 10.1 Å². The van der Waals surface area contributed by atoms with Crippen molar-refractivity contribution in [1.29, 1.82) is 0 Å². The van der Waals surface area contributed by atoms with E-state index in [4.69, 9.17) is 11.6 Å². The largest absolute Gasteiger partial charge is 0.389 e. The fraction of sp³-hybridized carbons (Fsp3) is 0.294. The number of aliphatic hydroxyl groups excluding tert-OH is 1. The van der Waals surface area contributed by atoms with E-state index in [9.17, 15) is 9.50 Å². The molecular weight excluding hydrogens is 289 g/mol. The Morgan fingerprint density at radius 3 is 2.29 bits per heavy atom. The summed E-state index contributed by atoms with van der Waals surface area (Å²) in [6.07, 6.45) is -0.860. The standard InChI is InChI=1S/C17H19ClFNO/c1-11(13-7-9-14(18)10-8-13)20(3)16-6-4-5-15(19)17(16)12(2)21/h4-12,21H,1-3H3. The Kier molecular flexibility index (Phi) is 4.86. The molecule has 0 saturated heterocycles. The average molecular weight is 308 g/mol. The van der Waals surface area contributed by atoms with Gasteiger partial charge in [-0.15, -0.1) is 0 Å². The lowest BCUT2D eigenvalue weighted by Crippen LogP contribution is -2.23. The first-order chi connectivity index (χ1) is 9.91. The quantitative estimate of drug-likeness (QED) is 0.882. The third-order valence-electron chi connectivity index (χ3n) is 3.76. The Hall–Kier alpha value is -1.58. The number of hydrogen-bond acceptors (Lipinski definition) is 2. The van der Waals surface area contributed by atoms with Gasteiger partial charge in [0.1, 0.15) is 5.82 Å². The Bertz CT molecular complexity index is 613. The molecule has 0 bridgehead atoms. The fourth-order valence-electron chi connectivity index (χ4n) is 2.42. The summed E-state index contributed by atoms with van der Waals surface area (Å²) < 4.78 is 14.0. The van der Waals surface area contributed by atoms with E-state index in [1.807, 2.05) is 49.2 Å². The molecule has 21 heavy (non-hydrogen) atoms. The normalized spacial score (nSPS) is 13.8. The number of hydrogen-bond donors (Lipinski definition) is 1. The molecule has 1 N–H and O–H groups in total. The first-order valence-electron chi connectivity index (χ1n) is 6.86. The van der Waals surface area contributed by atoms with E-state index in [0.717, 1.165) is 5.56 Å². The Labute approximate surface area is 129 Å². The minimum absolute atomic E-state index is 0.0292. The zero-order chi connectivity index (χ0) is 15.6. The molecule has 2 rings (SSSR count). The van der Waals surface area contributed by atoms with Crippen LogP contribution in [0.2, 0.25) is 5.02 Å². The molecule has 0 aliphatic heterocycles. The van der Waals surface area contributed by atoms with Crippen molar-refractivity contribution in [3.63, 3.8) is 0 Å². The van der Waals surface area contributed by atoms with Crippen LogP contribution in [0.5, 0.6) is 0 Å². The van der Waals surface area contributed by atoms with E-state index in [1.54, 1.807) is 13.0 Å². The van der Waals surface area contributed by atoms with E-state index < -0.39 is 11.9 Å². The van der Waals surface area contributed by atoms with E-state index in [2.05, 4.69) is 0 Å². The van der Waals surface area contributed by atoms with Gasteiger partial charge >= 0.3 is 0 Å². The summed E-state index contributed by atoms with van der Waals surface area (Å²) in [5.41, 5.74) is 2.08. The third-order valence-corrected chi connectivity index (χ3v) is 4.01. The van der Waals surface area contributed by atoms with Gasteiger partial charge in [-0.05, 0) is 43.7 Å². The highest BCUT2D eigenvalue weighted by molar-refractivity contribution is 6.30. The Morgan fingerprint density at radius 1 is 1.10 bits per heavy atom. The first-order valence-corrected chi connectivity index (χ1v) is 7.24. The molecule has 4 heteroatoms. The maximum atomic E-state index is 14.0. The molecule has 0 heterocycles. The van der Waals surface area contributed by atoms with Crippen LogP contribution in [0.25, 0.3) is 0 Å². The second-order valence-electron chi connectivity index (χ2n) is 5.19. The number of anilines is 1. The van der Waals surface area contributed by atoms with Gasteiger partial charge in [0.05, 0.1) is 12.1 Å². The molecular formula is C17H19ClFNO. The Balaban J connectivity index is 2.37. The summed E-state index contributed by atoms with van der Waals surface area (Å²) in [4.78, 5) is 1.95. The van der Waals surface area contributed by atoms with Crippen molar-refractivity contribution in [3.05, 3.63) is 64.4 Å². The molecule has 0 saturated carbocycles. The summed E-state index contributed by atoms with van der Waals surface area (Å²) in [7, 11) is 1.89. The number of benzene rings is 2. The first kappa shape index (κ1) is 15.8. The van der Waals surface area contributed by atoms with E-state index in [1.165, 1.54) is 6.07 Å². The summed E-state index contributed by atoms with van der Waals surface area (Å²) in [5.74, 6) is -0.391. The molecule has 2 aromatic carbocycles. The van der Waals surface area contributed by atoms with Crippen molar-refractivity contribution < 1.29 is 9.50 Å². The summed E-state index contributed by atoms with van der Waals surface area (Å²) in [6, 6.07) is 12.4. The van der Waals surface area contributed by atoms with Crippen molar-refractivity contribution in [2.45, 2.75) is 26.0 Å². The van der Waals surface area contributed by atoms with Gasteiger partial charge in [-0.1, -0.05) is 29.8 Å². The fourth-order valence-corrected chi connectivity index (χ4v) is 2.55. The molecule has 0 radical (unpaired) electrons. The lowest BCUT2D eigenvalue weighted by Gasteiger charge is -2.30. The van der Waals surface area contributed by atoms with Crippen molar-refractivity contribution in [2.24, 2.45) is 0 Å². The molecule has 0 aromatic heterocycles. The lowest BCUT2D eigenvalue weighted by atomic mass is 10.0. The van der Waals surface area contributed by atoms with Gasteiger partial charge in [0.15, 0.2) is 0 Å². The smallest absolute Gasteiger partial charge is 0.131 e. The van der Waals surface area contributed by atoms with Gasteiger partial charge in [0.2, 0.25) is 0 Å². The van der Waals surface area contributed by atoms with Crippen LogP contribution in [0.1, 0.15) is 37.1 Å². The minimum Gasteiger partial charge on any atom is -0.389 e. The van der Waals surface area contributed by atoms with Crippen LogP contribution in [0.15, 0.2) is 42.5 Å². The maximum Gasteiger partial charge on any atom is 0.131 e. The summed E-state index contributed by atoms with van der Waals surface area (Å²) in [5, 5.41) is 10.5. The minimum atomic E-state index is -0.860. The predicted octanol–water partition coefficient (Wildman–Crippen LogP) is 4.73. The van der Waals surface area contributed by atoms with Crippen LogP contribution in [-0.2, 0) is 0 Å². The highest BCUT2D eigenvalue weighted by atomic mass is 35.5. The van der Waals surface area contributed by atoms with Gasteiger partial charge in [-0.25, -0.2) is 4.39 Å². The van der Waals surface area contributed by atoms with Crippen LogP contribution in [-0.4, -0.2) is 12.2 Å². The third kappa shape index (κ3) is 3.36. The van der Waals surface area contributed by atoms with Gasteiger partial charge < -0.3 is 10.0 Å². The topological polar surface area (TPSA) is 23.5 Å². The monoisotopic (exact) mass is 307 g/mol. The van der Waals surface area contributed by atoms with Crippen LogP contribution in [0, 0.1) is 5.82 Å². The molecule has 0 spiro atoms. The maximum absolute atomic E-state index is 14.0. The SMILES string of the molecule is CC(O)c1c(F)cccc1N(C)C(C)c1ccc(Cl)cc1. The van der Waals surface area contributed by atoms with Gasteiger partial charge in [-0.2, -0.15) is 0 Å². The highest BCUT2D eigenvalue weighted by Crippen LogP contribution is 2.33. The van der Waals surface area contributed by atoms with Crippen LogP contribution < -0.4 is 4.90 Å². The summed E-state index contributed by atoms with van der Waals surface area (Å²) >= 11 is 5.90. The van der Waals surface area contributed by atoms with Crippen LogP contribution >= 0.6 is 11.6 Å². The van der Waals surface area contributed by atoms with Gasteiger partial charge in [-0.3, -0.25) is 0 Å². The molecule has 2 unspecified atom stereocenters. The zero-order valence-corrected chi connectivity index (χ0v) is 13.1. The number of nitrogens with zero attached hydrogens (tertiary/aromatic N) is 1. The second-order valence-corrected chi connectivity index (χ2v) is 5.62. The van der Waals surface area contributed by atoms with E-state index >= 15 is 0 Å². The van der Waals surface area contributed by atoms with E-state index in [-0.39, 0.29) is 6.04 Å². The van der Waals surface area contributed by atoms with Crippen molar-refractivity contribution in [1.82, 2.24) is 0 Å². The Morgan fingerprint density at radius 2 is 1.71 bits per heavy atom. The highest BCUT2D eigenvalue weighted by Gasteiger charge is 2.20. The molecule has 112 valence electrons. The molecule has 0 aliphatic rings. The lowest BCUT2D eigenvalue weighted by molar-refractivity contribution is 0.194. The van der Waals surface area contributed by atoms with Crippen LogP contribution in [0.3, 0.4) is 0 Å². The molecule has 0 amide bonds. The number of aliphatic hydroxyl groups is 1. The molecule has 2 atom stereocenters. The van der Waals surface area contributed by atoms with Gasteiger partial charge in [0, 0.05) is 23.3 Å². The van der Waals surface area contributed by atoms with Gasteiger partial charge in [0.25, 0.3) is 0 Å². The zero-order valence-electron chi connectivity index (χ0n) is 12.3. The van der Waals surface area contributed by atoms with Crippen molar-refractivity contribution in [3.8, 4) is 0 Å². The van der Waals surface area contributed by atoms with Crippen molar-refractivity contribution in [2.75, 3.05) is 11.9 Å². The molecule has 0 aliphatic carbocycles.